The molecule has 4 aliphatic rings. The minimum absolute atomic E-state index is 0.219. The van der Waals surface area contributed by atoms with Crippen LogP contribution in [0.3, 0.4) is 0 Å². The molecular weight excluding hydrogens is 504 g/mol. The molecule has 0 aromatic carbocycles. The van der Waals surface area contributed by atoms with Crippen molar-refractivity contribution in [2.75, 3.05) is 13.2 Å². The summed E-state index contributed by atoms with van der Waals surface area (Å²) in [4.78, 5) is 0. The van der Waals surface area contributed by atoms with Crippen molar-refractivity contribution in [2.45, 2.75) is 113 Å². The van der Waals surface area contributed by atoms with Crippen LogP contribution < -0.4 is 0 Å². The van der Waals surface area contributed by atoms with E-state index in [-0.39, 0.29) is 5.92 Å². The van der Waals surface area contributed by atoms with Gasteiger partial charge in [0.05, 0.1) is 25.4 Å². The summed E-state index contributed by atoms with van der Waals surface area (Å²) in [5.74, 6) is 0.111. The first kappa shape index (κ1) is 30.0. The molecule has 0 saturated carbocycles. The summed E-state index contributed by atoms with van der Waals surface area (Å²) in [6, 6.07) is 0. The van der Waals surface area contributed by atoms with Gasteiger partial charge in [-0.25, -0.2) is 0 Å². The van der Waals surface area contributed by atoms with Crippen molar-refractivity contribution in [1.29, 1.82) is 0 Å². The SMILES string of the molecule is C=C(C)C1CCC2=C(C1)C(C)C(OC1OC(CO)C(O)C(O)C1OC1OC(CO)C(O)C(O)C1O)C(O)C2. The average molecular weight is 547 g/mol. The number of rotatable bonds is 7. The lowest BCUT2D eigenvalue weighted by atomic mass is 9.70. The molecule has 0 aromatic rings. The van der Waals surface area contributed by atoms with E-state index in [0.717, 1.165) is 24.8 Å². The van der Waals surface area contributed by atoms with Crippen LogP contribution in [0, 0.1) is 11.8 Å². The fourth-order valence-electron chi connectivity index (χ4n) is 6.09. The van der Waals surface area contributed by atoms with Crippen molar-refractivity contribution in [3.63, 3.8) is 0 Å². The standard InChI is InChI=1S/C26H42O12/c1-10(2)12-4-5-13-7-15(29)23(11(3)14(13)6-12)37-26-24(21(33)19(31)17(9-28)36-26)38-25-22(34)20(32)18(30)16(8-27)35-25/h11-12,15-34H,1,4-9H2,2-3H3. The highest BCUT2D eigenvalue weighted by atomic mass is 16.8. The Morgan fingerprint density at radius 3 is 2.00 bits per heavy atom. The van der Waals surface area contributed by atoms with Crippen LogP contribution in [0.15, 0.2) is 23.3 Å². The molecule has 2 aliphatic carbocycles. The fourth-order valence-corrected chi connectivity index (χ4v) is 6.09. The zero-order valence-electron chi connectivity index (χ0n) is 21.7. The van der Waals surface area contributed by atoms with Crippen molar-refractivity contribution in [3.05, 3.63) is 23.3 Å². The number of ether oxygens (including phenoxy) is 4. The predicted molar refractivity (Wildman–Crippen MR) is 130 cm³/mol. The van der Waals surface area contributed by atoms with Gasteiger partial charge in [-0.1, -0.05) is 30.2 Å². The van der Waals surface area contributed by atoms with Gasteiger partial charge in [0.1, 0.15) is 48.8 Å². The third kappa shape index (κ3) is 5.73. The molecule has 12 nitrogen and oxygen atoms in total. The first-order valence-corrected chi connectivity index (χ1v) is 13.3. The Labute approximate surface area is 221 Å². The molecule has 0 spiro atoms. The molecule has 218 valence electrons. The largest absolute Gasteiger partial charge is 0.394 e. The van der Waals surface area contributed by atoms with E-state index in [9.17, 15) is 40.9 Å². The monoisotopic (exact) mass is 546 g/mol. The first-order valence-electron chi connectivity index (χ1n) is 13.3. The Kier molecular flexibility index (Phi) is 9.66. The second-order valence-corrected chi connectivity index (χ2v) is 11.1. The van der Waals surface area contributed by atoms with Crippen LogP contribution in [-0.2, 0) is 18.9 Å². The molecule has 0 radical (unpaired) electrons. The molecule has 2 fully saturated rings. The Bertz CT molecular complexity index is 863. The maximum atomic E-state index is 11.0. The van der Waals surface area contributed by atoms with E-state index in [4.69, 9.17) is 18.9 Å². The van der Waals surface area contributed by atoms with E-state index in [2.05, 4.69) is 6.58 Å². The van der Waals surface area contributed by atoms with Gasteiger partial charge < -0.3 is 59.8 Å². The zero-order valence-corrected chi connectivity index (χ0v) is 21.7. The van der Waals surface area contributed by atoms with Gasteiger partial charge in [0.2, 0.25) is 0 Å². The Morgan fingerprint density at radius 1 is 0.816 bits per heavy atom. The maximum absolute atomic E-state index is 11.0. The van der Waals surface area contributed by atoms with Crippen LogP contribution in [0.1, 0.15) is 39.5 Å². The molecule has 8 N–H and O–H groups in total. The molecule has 2 heterocycles. The number of aliphatic hydroxyl groups excluding tert-OH is 8. The number of aliphatic hydroxyl groups is 8. The summed E-state index contributed by atoms with van der Waals surface area (Å²) in [7, 11) is 0. The summed E-state index contributed by atoms with van der Waals surface area (Å²) in [6.45, 7) is 6.72. The lowest BCUT2D eigenvalue weighted by Gasteiger charge is -2.48. The van der Waals surface area contributed by atoms with E-state index < -0.39 is 86.8 Å². The maximum Gasteiger partial charge on any atom is 0.187 e. The highest BCUT2D eigenvalue weighted by Crippen LogP contribution is 2.44. The van der Waals surface area contributed by atoms with Gasteiger partial charge in [-0.2, -0.15) is 0 Å². The van der Waals surface area contributed by atoms with Gasteiger partial charge in [-0.05, 0) is 38.5 Å². The van der Waals surface area contributed by atoms with Gasteiger partial charge >= 0.3 is 0 Å². The van der Waals surface area contributed by atoms with Crippen molar-refractivity contribution < 1.29 is 59.8 Å². The molecule has 14 atom stereocenters. The summed E-state index contributed by atoms with van der Waals surface area (Å²) >= 11 is 0. The Morgan fingerprint density at radius 2 is 1.39 bits per heavy atom. The van der Waals surface area contributed by atoms with E-state index in [0.29, 0.717) is 12.3 Å². The van der Waals surface area contributed by atoms with Gasteiger partial charge in [0, 0.05) is 5.92 Å². The van der Waals surface area contributed by atoms with Crippen LogP contribution in [0.5, 0.6) is 0 Å². The van der Waals surface area contributed by atoms with Gasteiger partial charge in [-0.3, -0.25) is 0 Å². The Balaban J connectivity index is 1.56. The topological polar surface area (TPSA) is 199 Å². The van der Waals surface area contributed by atoms with E-state index >= 15 is 0 Å². The quantitative estimate of drug-likeness (QED) is 0.165. The van der Waals surface area contributed by atoms with Crippen LogP contribution in [0.4, 0.5) is 0 Å². The van der Waals surface area contributed by atoms with Crippen LogP contribution in [0.25, 0.3) is 0 Å². The minimum Gasteiger partial charge on any atom is -0.394 e. The molecule has 14 unspecified atom stereocenters. The minimum atomic E-state index is -1.76. The number of hydrogen-bond acceptors (Lipinski definition) is 12. The zero-order chi connectivity index (χ0) is 27.9. The average Bonchev–Trinajstić information content (AvgIpc) is 2.89. The van der Waals surface area contributed by atoms with Gasteiger partial charge in [-0.15, -0.1) is 0 Å². The van der Waals surface area contributed by atoms with Crippen LogP contribution in [0.2, 0.25) is 0 Å². The lowest BCUT2D eigenvalue weighted by Crippen LogP contribution is -2.65. The second kappa shape index (κ2) is 12.2. The molecule has 4 rings (SSSR count). The highest BCUT2D eigenvalue weighted by molar-refractivity contribution is 5.28. The van der Waals surface area contributed by atoms with Crippen molar-refractivity contribution in [3.8, 4) is 0 Å². The first-order chi connectivity index (χ1) is 18.0. The molecule has 2 aliphatic heterocycles. The molecule has 0 amide bonds. The van der Waals surface area contributed by atoms with Crippen molar-refractivity contribution >= 4 is 0 Å². The highest BCUT2D eigenvalue weighted by Gasteiger charge is 2.52. The molecule has 2 saturated heterocycles. The Hall–Kier alpha value is -1.00. The fraction of sp³-hybridized carbons (Fsp3) is 0.846. The normalized spacial score (nSPS) is 48.1. The summed E-state index contributed by atoms with van der Waals surface area (Å²) in [5.41, 5.74) is 3.48. The molecule has 0 bridgehead atoms. The summed E-state index contributed by atoms with van der Waals surface area (Å²) < 4.78 is 23.1. The van der Waals surface area contributed by atoms with Crippen LogP contribution >= 0.6 is 0 Å². The summed E-state index contributed by atoms with van der Waals surface area (Å²) in [5, 5.41) is 82.2. The molecule has 12 heteroatoms. The lowest BCUT2D eigenvalue weighted by molar-refractivity contribution is -0.375. The van der Waals surface area contributed by atoms with E-state index in [1.165, 1.54) is 11.1 Å². The van der Waals surface area contributed by atoms with Crippen LogP contribution in [-0.4, -0.2) is 128 Å². The number of hydrogen-bond donors (Lipinski definition) is 8. The second-order valence-electron chi connectivity index (χ2n) is 11.1. The van der Waals surface area contributed by atoms with E-state index in [1.54, 1.807) is 0 Å². The molecule has 38 heavy (non-hydrogen) atoms. The van der Waals surface area contributed by atoms with Crippen molar-refractivity contribution in [2.24, 2.45) is 11.8 Å². The van der Waals surface area contributed by atoms with Crippen molar-refractivity contribution in [1.82, 2.24) is 0 Å². The molecule has 0 aromatic heterocycles. The van der Waals surface area contributed by atoms with E-state index in [1.807, 2.05) is 13.8 Å². The number of allylic oxidation sites excluding steroid dienone is 1. The summed E-state index contributed by atoms with van der Waals surface area (Å²) in [6.07, 6.45) is -14.0. The molecular formula is C26H42O12. The van der Waals surface area contributed by atoms with Gasteiger partial charge in [0.25, 0.3) is 0 Å². The van der Waals surface area contributed by atoms with Gasteiger partial charge in [0.15, 0.2) is 12.6 Å². The predicted octanol–water partition coefficient (Wildman–Crippen LogP) is -1.93. The third-order valence-electron chi connectivity index (χ3n) is 8.54. The smallest absolute Gasteiger partial charge is 0.187 e. The third-order valence-corrected chi connectivity index (χ3v) is 8.54.